The van der Waals surface area contributed by atoms with Gasteiger partial charge < -0.3 is 9.31 Å². The smallest absolute Gasteiger partial charge is 0.399 e. The topological polar surface area (TPSA) is 52.6 Å². The standard InChI is InChI=1S/C14H20BClO4S/c1-13(2)14(3,4)20-15(19-13)12-7-6-11(16)8-10(12)9-21(5,17)18/h6-8H,9H2,1-5H3. The van der Waals surface area contributed by atoms with Gasteiger partial charge in [0.1, 0.15) is 0 Å². The Hall–Kier alpha value is -0.555. The van der Waals surface area contributed by atoms with E-state index in [0.29, 0.717) is 16.0 Å². The highest BCUT2D eigenvalue weighted by molar-refractivity contribution is 7.89. The summed E-state index contributed by atoms with van der Waals surface area (Å²) in [6.07, 6.45) is 1.20. The highest BCUT2D eigenvalue weighted by atomic mass is 35.5. The number of halogens is 1. The number of hydrogen-bond donors (Lipinski definition) is 0. The first kappa shape index (κ1) is 16.8. The quantitative estimate of drug-likeness (QED) is 0.797. The third-order valence-electron chi connectivity index (χ3n) is 4.03. The van der Waals surface area contributed by atoms with Crippen LogP contribution in [-0.4, -0.2) is 33.0 Å². The van der Waals surface area contributed by atoms with Crippen molar-refractivity contribution in [1.82, 2.24) is 0 Å². The molecule has 7 heteroatoms. The predicted molar refractivity (Wildman–Crippen MR) is 85.7 cm³/mol. The van der Waals surface area contributed by atoms with Crippen LogP contribution in [0.1, 0.15) is 33.3 Å². The second-order valence-electron chi connectivity index (χ2n) is 6.50. The summed E-state index contributed by atoms with van der Waals surface area (Å²) in [5.41, 5.74) is 0.381. The fraction of sp³-hybridized carbons (Fsp3) is 0.571. The average molecular weight is 331 g/mol. The predicted octanol–water partition coefficient (Wildman–Crippen LogP) is 2.18. The summed E-state index contributed by atoms with van der Waals surface area (Å²) < 4.78 is 35.2. The second kappa shape index (κ2) is 5.27. The molecule has 0 unspecified atom stereocenters. The third kappa shape index (κ3) is 3.62. The van der Waals surface area contributed by atoms with Crippen molar-refractivity contribution in [2.75, 3.05) is 6.26 Å². The zero-order valence-corrected chi connectivity index (χ0v) is 14.5. The molecule has 0 spiro atoms. The van der Waals surface area contributed by atoms with E-state index in [9.17, 15) is 8.42 Å². The normalized spacial score (nSPS) is 20.8. The maximum Gasteiger partial charge on any atom is 0.495 e. The average Bonchev–Trinajstić information content (AvgIpc) is 2.45. The third-order valence-corrected chi connectivity index (χ3v) is 5.10. The molecule has 116 valence electrons. The first-order valence-electron chi connectivity index (χ1n) is 6.73. The summed E-state index contributed by atoms with van der Waals surface area (Å²) in [5.74, 6) is -0.0903. The summed E-state index contributed by atoms with van der Waals surface area (Å²) >= 11 is 5.99. The molecule has 21 heavy (non-hydrogen) atoms. The summed E-state index contributed by atoms with van der Waals surface area (Å²) in [6, 6.07) is 5.14. The van der Waals surface area contributed by atoms with Gasteiger partial charge in [0.15, 0.2) is 9.84 Å². The molecule has 1 aromatic carbocycles. The summed E-state index contributed by atoms with van der Waals surface area (Å²) in [4.78, 5) is 0. The Kier molecular flexibility index (Phi) is 4.21. The van der Waals surface area contributed by atoms with Crippen molar-refractivity contribution in [3.8, 4) is 0 Å². The Bertz CT molecular complexity index is 639. The van der Waals surface area contributed by atoms with Gasteiger partial charge in [-0.15, -0.1) is 0 Å². The Morgan fingerprint density at radius 1 is 1.14 bits per heavy atom. The molecule has 0 amide bonds. The molecule has 0 aliphatic carbocycles. The van der Waals surface area contributed by atoms with E-state index >= 15 is 0 Å². The molecule has 2 rings (SSSR count). The number of hydrogen-bond acceptors (Lipinski definition) is 4. The maximum atomic E-state index is 11.6. The molecule has 1 aliphatic heterocycles. The van der Waals surface area contributed by atoms with E-state index in [0.717, 1.165) is 0 Å². The van der Waals surface area contributed by atoms with Crippen LogP contribution in [0.3, 0.4) is 0 Å². The van der Waals surface area contributed by atoms with Gasteiger partial charge in [0.2, 0.25) is 0 Å². The maximum absolute atomic E-state index is 11.6. The van der Waals surface area contributed by atoms with E-state index in [1.807, 2.05) is 27.7 Å². The molecular weight excluding hydrogens is 310 g/mol. The van der Waals surface area contributed by atoms with Crippen LogP contribution >= 0.6 is 11.6 Å². The Balaban J connectivity index is 2.42. The Labute approximate surface area is 131 Å². The lowest BCUT2D eigenvalue weighted by Gasteiger charge is -2.32. The molecule has 1 saturated heterocycles. The lowest BCUT2D eigenvalue weighted by molar-refractivity contribution is 0.00578. The first-order valence-corrected chi connectivity index (χ1v) is 9.17. The van der Waals surface area contributed by atoms with Crippen LogP contribution in [0.4, 0.5) is 0 Å². The van der Waals surface area contributed by atoms with Gasteiger partial charge in [-0.2, -0.15) is 0 Å². The molecule has 1 fully saturated rings. The monoisotopic (exact) mass is 330 g/mol. The molecule has 1 aromatic rings. The summed E-state index contributed by atoms with van der Waals surface area (Å²) in [6.45, 7) is 7.83. The van der Waals surface area contributed by atoms with E-state index < -0.39 is 28.2 Å². The Morgan fingerprint density at radius 3 is 2.14 bits per heavy atom. The molecule has 0 aromatic heterocycles. The van der Waals surface area contributed by atoms with Crippen molar-refractivity contribution < 1.29 is 17.7 Å². The van der Waals surface area contributed by atoms with Gasteiger partial charge in [0.25, 0.3) is 0 Å². The van der Waals surface area contributed by atoms with Crippen LogP contribution in [0.2, 0.25) is 5.02 Å². The molecule has 0 atom stereocenters. The van der Waals surface area contributed by atoms with Crippen molar-refractivity contribution >= 4 is 34.0 Å². The lowest BCUT2D eigenvalue weighted by atomic mass is 9.76. The lowest BCUT2D eigenvalue weighted by Crippen LogP contribution is -2.41. The molecule has 0 saturated carbocycles. The van der Waals surface area contributed by atoms with Gasteiger partial charge in [-0.25, -0.2) is 8.42 Å². The van der Waals surface area contributed by atoms with Crippen molar-refractivity contribution in [2.45, 2.75) is 44.6 Å². The molecular formula is C14H20BClO4S. The zero-order valence-electron chi connectivity index (χ0n) is 12.9. The van der Waals surface area contributed by atoms with Crippen LogP contribution in [0, 0.1) is 0 Å². The molecule has 0 N–H and O–H groups in total. The SMILES string of the molecule is CC1(C)OB(c2ccc(Cl)cc2CS(C)(=O)=O)OC1(C)C. The fourth-order valence-corrected chi connectivity index (χ4v) is 3.19. The van der Waals surface area contributed by atoms with Crippen molar-refractivity contribution in [1.29, 1.82) is 0 Å². The summed E-state index contributed by atoms with van der Waals surface area (Å²) in [5, 5.41) is 0.494. The Morgan fingerprint density at radius 2 is 1.67 bits per heavy atom. The molecule has 0 radical (unpaired) electrons. The second-order valence-corrected chi connectivity index (χ2v) is 9.08. The van der Waals surface area contributed by atoms with E-state index in [1.165, 1.54) is 6.26 Å². The minimum absolute atomic E-state index is 0.0903. The van der Waals surface area contributed by atoms with Gasteiger partial charge in [-0.3, -0.25) is 0 Å². The van der Waals surface area contributed by atoms with Crippen LogP contribution in [0.5, 0.6) is 0 Å². The van der Waals surface area contributed by atoms with E-state index in [4.69, 9.17) is 20.9 Å². The minimum Gasteiger partial charge on any atom is -0.399 e. The number of sulfone groups is 1. The van der Waals surface area contributed by atoms with E-state index in [2.05, 4.69) is 0 Å². The molecule has 0 bridgehead atoms. The highest BCUT2D eigenvalue weighted by Gasteiger charge is 2.52. The zero-order chi connectivity index (χ0) is 16.1. The van der Waals surface area contributed by atoms with Crippen molar-refractivity contribution in [2.24, 2.45) is 0 Å². The minimum atomic E-state index is -3.17. The van der Waals surface area contributed by atoms with E-state index in [-0.39, 0.29) is 5.75 Å². The van der Waals surface area contributed by atoms with Gasteiger partial charge in [-0.05, 0) is 50.9 Å². The molecule has 4 nitrogen and oxygen atoms in total. The fourth-order valence-electron chi connectivity index (χ4n) is 2.18. The number of benzene rings is 1. The van der Waals surface area contributed by atoms with Crippen LogP contribution in [0.25, 0.3) is 0 Å². The van der Waals surface area contributed by atoms with Gasteiger partial charge >= 0.3 is 7.12 Å². The van der Waals surface area contributed by atoms with Crippen molar-refractivity contribution in [3.63, 3.8) is 0 Å². The van der Waals surface area contributed by atoms with Crippen LogP contribution in [0.15, 0.2) is 18.2 Å². The van der Waals surface area contributed by atoms with Gasteiger partial charge in [0, 0.05) is 11.3 Å². The van der Waals surface area contributed by atoms with Crippen LogP contribution in [-0.2, 0) is 24.9 Å². The van der Waals surface area contributed by atoms with E-state index in [1.54, 1.807) is 18.2 Å². The molecule has 1 heterocycles. The highest BCUT2D eigenvalue weighted by Crippen LogP contribution is 2.36. The number of rotatable bonds is 3. The van der Waals surface area contributed by atoms with Gasteiger partial charge in [-0.1, -0.05) is 17.7 Å². The largest absolute Gasteiger partial charge is 0.495 e. The summed E-state index contributed by atoms with van der Waals surface area (Å²) in [7, 11) is -3.77. The van der Waals surface area contributed by atoms with Crippen molar-refractivity contribution in [3.05, 3.63) is 28.8 Å². The van der Waals surface area contributed by atoms with Gasteiger partial charge in [0.05, 0.1) is 17.0 Å². The van der Waals surface area contributed by atoms with Crippen LogP contribution < -0.4 is 5.46 Å². The molecule has 1 aliphatic rings. The first-order chi connectivity index (χ1) is 9.41.